The predicted octanol–water partition coefficient (Wildman–Crippen LogP) is 2.30. The van der Waals surface area contributed by atoms with E-state index in [1.54, 1.807) is 0 Å². The lowest BCUT2D eigenvalue weighted by Crippen LogP contribution is -2.41. The number of ether oxygens (including phenoxy) is 1. The van der Waals surface area contributed by atoms with Gasteiger partial charge in [-0.3, -0.25) is 4.79 Å². The average Bonchev–Trinajstić information content (AvgIpc) is 2.39. The van der Waals surface area contributed by atoms with E-state index in [2.05, 4.69) is 15.6 Å². The Kier molecular flexibility index (Phi) is 4.90. The van der Waals surface area contributed by atoms with Crippen LogP contribution in [0.4, 0.5) is 18.9 Å². The first-order valence-corrected chi connectivity index (χ1v) is 6.97. The SMILES string of the molecule is CC(C)CNC(=O)c1ncc(C(F)(F)F)cc1NC1COC1. The summed E-state index contributed by atoms with van der Waals surface area (Å²) >= 11 is 0. The Bertz CT molecular complexity index is 543. The van der Waals surface area contributed by atoms with Gasteiger partial charge in [0.05, 0.1) is 30.5 Å². The lowest BCUT2D eigenvalue weighted by molar-refractivity contribution is -0.137. The molecule has 0 radical (unpaired) electrons. The first-order chi connectivity index (χ1) is 10.3. The van der Waals surface area contributed by atoms with Gasteiger partial charge >= 0.3 is 6.18 Å². The average molecular weight is 317 g/mol. The van der Waals surface area contributed by atoms with Gasteiger partial charge in [-0.15, -0.1) is 0 Å². The maximum atomic E-state index is 12.8. The molecule has 22 heavy (non-hydrogen) atoms. The van der Waals surface area contributed by atoms with Crippen molar-refractivity contribution in [2.45, 2.75) is 26.1 Å². The van der Waals surface area contributed by atoms with Gasteiger partial charge in [0.2, 0.25) is 0 Å². The van der Waals surface area contributed by atoms with Gasteiger partial charge in [0.1, 0.15) is 0 Å². The third-order valence-corrected chi connectivity index (χ3v) is 3.10. The second-order valence-electron chi connectivity index (χ2n) is 5.60. The van der Waals surface area contributed by atoms with Gasteiger partial charge in [-0.2, -0.15) is 13.2 Å². The van der Waals surface area contributed by atoms with E-state index in [-0.39, 0.29) is 23.3 Å². The number of carbonyl (C=O) groups excluding carboxylic acids is 1. The number of halogens is 3. The number of hydrogen-bond acceptors (Lipinski definition) is 4. The number of alkyl halides is 3. The molecule has 2 rings (SSSR count). The number of hydrogen-bond donors (Lipinski definition) is 2. The van der Waals surface area contributed by atoms with Crippen LogP contribution in [-0.4, -0.2) is 36.7 Å². The summed E-state index contributed by atoms with van der Waals surface area (Å²) in [7, 11) is 0. The minimum absolute atomic E-state index is 0.0412. The van der Waals surface area contributed by atoms with Crippen molar-refractivity contribution in [3.63, 3.8) is 0 Å². The van der Waals surface area contributed by atoms with Crippen molar-refractivity contribution in [2.24, 2.45) is 5.92 Å². The standard InChI is InChI=1S/C14H18F3N3O2/c1-8(2)4-19-13(21)12-11(20-10-6-22-7-10)3-9(5-18-12)14(15,16)17/h3,5,8,10,20H,4,6-7H2,1-2H3,(H,19,21). The third-order valence-electron chi connectivity index (χ3n) is 3.10. The smallest absolute Gasteiger partial charge is 0.377 e. The van der Waals surface area contributed by atoms with Crippen LogP contribution in [0.3, 0.4) is 0 Å². The largest absolute Gasteiger partial charge is 0.417 e. The summed E-state index contributed by atoms with van der Waals surface area (Å²) in [6.07, 6.45) is -3.83. The summed E-state index contributed by atoms with van der Waals surface area (Å²) in [5, 5.41) is 5.53. The Morgan fingerprint density at radius 2 is 2.14 bits per heavy atom. The van der Waals surface area contributed by atoms with Crippen molar-refractivity contribution in [3.05, 3.63) is 23.5 Å². The molecule has 0 aromatic carbocycles. The Hall–Kier alpha value is -1.83. The number of aromatic nitrogens is 1. The van der Waals surface area contributed by atoms with Gasteiger partial charge in [0, 0.05) is 12.7 Å². The first-order valence-electron chi connectivity index (χ1n) is 6.97. The molecule has 1 aliphatic heterocycles. The van der Waals surface area contributed by atoms with Gasteiger partial charge in [0.15, 0.2) is 5.69 Å². The lowest BCUT2D eigenvalue weighted by atomic mass is 10.1. The molecule has 1 aromatic heterocycles. The van der Waals surface area contributed by atoms with Crippen molar-refractivity contribution >= 4 is 11.6 Å². The Morgan fingerprint density at radius 3 is 2.64 bits per heavy atom. The highest BCUT2D eigenvalue weighted by Gasteiger charge is 2.33. The predicted molar refractivity (Wildman–Crippen MR) is 74.6 cm³/mol. The second kappa shape index (κ2) is 6.51. The summed E-state index contributed by atoms with van der Waals surface area (Å²) in [6.45, 7) is 5.05. The molecule has 0 bridgehead atoms. The molecule has 0 atom stereocenters. The highest BCUT2D eigenvalue weighted by molar-refractivity contribution is 5.97. The molecule has 1 saturated heterocycles. The van der Waals surface area contributed by atoms with Crippen molar-refractivity contribution in [1.29, 1.82) is 0 Å². The number of pyridine rings is 1. The van der Waals surface area contributed by atoms with E-state index in [4.69, 9.17) is 4.74 Å². The Morgan fingerprint density at radius 1 is 1.45 bits per heavy atom. The van der Waals surface area contributed by atoms with Gasteiger partial charge in [-0.05, 0) is 12.0 Å². The van der Waals surface area contributed by atoms with Crippen molar-refractivity contribution in [3.8, 4) is 0 Å². The van der Waals surface area contributed by atoms with Crippen LogP contribution in [0.25, 0.3) is 0 Å². The van der Waals surface area contributed by atoms with E-state index in [0.717, 1.165) is 6.07 Å². The van der Waals surface area contributed by atoms with Crippen LogP contribution in [0, 0.1) is 5.92 Å². The lowest BCUT2D eigenvalue weighted by Gasteiger charge is -2.28. The van der Waals surface area contributed by atoms with Crippen LogP contribution in [0.5, 0.6) is 0 Å². The highest BCUT2D eigenvalue weighted by Crippen LogP contribution is 2.31. The van der Waals surface area contributed by atoms with Gasteiger partial charge in [-0.1, -0.05) is 13.8 Å². The van der Waals surface area contributed by atoms with E-state index in [0.29, 0.717) is 26.0 Å². The molecule has 1 amide bonds. The quantitative estimate of drug-likeness (QED) is 0.875. The number of rotatable bonds is 5. The zero-order chi connectivity index (χ0) is 16.3. The highest BCUT2D eigenvalue weighted by atomic mass is 19.4. The van der Waals surface area contributed by atoms with E-state index < -0.39 is 17.6 Å². The summed E-state index contributed by atoms with van der Waals surface area (Å²) in [5.41, 5.74) is -0.861. The zero-order valence-electron chi connectivity index (χ0n) is 12.3. The first kappa shape index (κ1) is 16.5. The third kappa shape index (κ3) is 4.09. The molecule has 0 aliphatic carbocycles. The molecule has 1 aliphatic rings. The van der Waals surface area contributed by atoms with Crippen LogP contribution >= 0.6 is 0 Å². The molecule has 8 heteroatoms. The normalized spacial score (nSPS) is 15.5. The van der Waals surface area contributed by atoms with Crippen LogP contribution in [0.2, 0.25) is 0 Å². The van der Waals surface area contributed by atoms with Crippen molar-refractivity contribution in [1.82, 2.24) is 10.3 Å². The van der Waals surface area contributed by atoms with Crippen LogP contribution in [0.15, 0.2) is 12.3 Å². The molecule has 2 N–H and O–H groups in total. The monoisotopic (exact) mass is 317 g/mol. The summed E-state index contributed by atoms with van der Waals surface area (Å²) in [6, 6.07) is 0.803. The van der Waals surface area contributed by atoms with Crippen LogP contribution < -0.4 is 10.6 Å². The van der Waals surface area contributed by atoms with Crippen LogP contribution in [-0.2, 0) is 10.9 Å². The molecule has 2 heterocycles. The topological polar surface area (TPSA) is 63.2 Å². The number of nitrogens with one attached hydrogen (secondary N) is 2. The van der Waals surface area contributed by atoms with E-state index in [9.17, 15) is 18.0 Å². The fourth-order valence-corrected chi connectivity index (χ4v) is 1.83. The molecular formula is C14H18F3N3O2. The van der Waals surface area contributed by atoms with E-state index in [1.807, 2.05) is 13.8 Å². The summed E-state index contributed by atoms with van der Waals surface area (Å²) < 4.78 is 43.4. The molecule has 0 spiro atoms. The van der Waals surface area contributed by atoms with Crippen LogP contribution in [0.1, 0.15) is 29.9 Å². The zero-order valence-corrected chi connectivity index (χ0v) is 12.3. The molecule has 1 aromatic rings. The van der Waals surface area contributed by atoms with Gasteiger partial charge < -0.3 is 15.4 Å². The fraction of sp³-hybridized carbons (Fsp3) is 0.571. The molecular weight excluding hydrogens is 299 g/mol. The Labute approximate surface area is 126 Å². The number of nitrogens with zero attached hydrogens (tertiary/aromatic N) is 1. The maximum absolute atomic E-state index is 12.8. The molecule has 0 unspecified atom stereocenters. The molecule has 0 saturated carbocycles. The number of carbonyl (C=O) groups is 1. The maximum Gasteiger partial charge on any atom is 0.417 e. The summed E-state index contributed by atoms with van der Waals surface area (Å²) in [5.74, 6) is -0.264. The van der Waals surface area contributed by atoms with Crippen molar-refractivity contribution < 1.29 is 22.7 Å². The second-order valence-corrected chi connectivity index (χ2v) is 5.60. The fourth-order valence-electron chi connectivity index (χ4n) is 1.83. The summed E-state index contributed by atoms with van der Waals surface area (Å²) in [4.78, 5) is 15.8. The van der Waals surface area contributed by atoms with E-state index in [1.165, 1.54) is 0 Å². The molecule has 5 nitrogen and oxygen atoms in total. The molecule has 1 fully saturated rings. The van der Waals surface area contributed by atoms with Gasteiger partial charge in [-0.25, -0.2) is 4.98 Å². The minimum atomic E-state index is -4.51. The number of anilines is 1. The number of amides is 1. The minimum Gasteiger partial charge on any atom is -0.377 e. The van der Waals surface area contributed by atoms with Crippen molar-refractivity contribution in [2.75, 3.05) is 25.1 Å². The van der Waals surface area contributed by atoms with Gasteiger partial charge in [0.25, 0.3) is 5.91 Å². The Balaban J connectivity index is 2.24. The van der Waals surface area contributed by atoms with E-state index >= 15 is 0 Å². The molecule has 122 valence electrons.